The van der Waals surface area contributed by atoms with Gasteiger partial charge in [-0.2, -0.15) is 5.26 Å². The summed E-state index contributed by atoms with van der Waals surface area (Å²) in [6.07, 6.45) is 1.44. The van der Waals surface area contributed by atoms with E-state index in [1.165, 1.54) is 20.3 Å². The first-order valence-corrected chi connectivity index (χ1v) is 7.66. The molecule has 0 aliphatic carbocycles. The number of hydrogen-bond acceptors (Lipinski definition) is 5. The molecule has 2 rings (SSSR count). The van der Waals surface area contributed by atoms with Gasteiger partial charge in [-0.05, 0) is 64.0 Å². The topological polar surface area (TPSA) is 79.6 Å². The summed E-state index contributed by atoms with van der Waals surface area (Å²) < 4.78 is 10.5. The number of hydrogen-bond donors (Lipinski definition) is 1. The number of phenolic OH excluding ortho intramolecular Hbond substituents is 1. The van der Waals surface area contributed by atoms with Crippen molar-refractivity contribution in [1.29, 1.82) is 5.26 Å². The Labute approximate surface area is 147 Å². The molecule has 0 bridgehead atoms. The molecule has 122 valence electrons. The number of rotatable bonds is 5. The molecule has 0 fully saturated rings. The fraction of sp³-hybridized carbons (Fsp3) is 0.111. The summed E-state index contributed by atoms with van der Waals surface area (Å²) >= 11 is 3.21. The molecule has 0 unspecified atom stereocenters. The van der Waals surface area contributed by atoms with Gasteiger partial charge in [0, 0.05) is 5.56 Å². The van der Waals surface area contributed by atoms with Crippen molar-refractivity contribution in [2.45, 2.75) is 0 Å². The third-order valence-electron chi connectivity index (χ3n) is 3.30. The van der Waals surface area contributed by atoms with Gasteiger partial charge in [0.1, 0.15) is 17.4 Å². The second-order valence-electron chi connectivity index (χ2n) is 4.78. The van der Waals surface area contributed by atoms with Crippen LogP contribution in [0.2, 0.25) is 0 Å². The maximum absolute atomic E-state index is 12.5. The average molecular weight is 388 g/mol. The number of nitriles is 1. The number of carbonyl (C=O) groups is 1. The standard InChI is InChI=1S/C18H14BrNO4/c1-23-14-5-3-12(4-6-14)17(21)13(10-20)7-11-8-15(19)18(22)16(9-11)24-2/h3-9,22H,1-2H3. The molecule has 2 aromatic rings. The van der Waals surface area contributed by atoms with Crippen molar-refractivity contribution in [2.75, 3.05) is 14.2 Å². The van der Waals surface area contributed by atoms with Crippen molar-refractivity contribution in [3.8, 4) is 23.3 Å². The van der Waals surface area contributed by atoms with E-state index < -0.39 is 5.78 Å². The van der Waals surface area contributed by atoms with Crippen LogP contribution in [0.3, 0.4) is 0 Å². The highest BCUT2D eigenvalue weighted by molar-refractivity contribution is 9.10. The number of ketones is 1. The minimum absolute atomic E-state index is 0.0280. The second kappa shape index (κ2) is 7.66. The van der Waals surface area contributed by atoms with Gasteiger partial charge in [-0.3, -0.25) is 4.79 Å². The molecule has 0 aliphatic heterocycles. The molecule has 5 nitrogen and oxygen atoms in total. The minimum atomic E-state index is -0.400. The van der Waals surface area contributed by atoms with E-state index in [4.69, 9.17) is 9.47 Å². The molecule has 0 saturated heterocycles. The van der Waals surface area contributed by atoms with Gasteiger partial charge in [0.2, 0.25) is 5.78 Å². The molecule has 0 aromatic heterocycles. The summed E-state index contributed by atoms with van der Waals surface area (Å²) in [5, 5.41) is 19.1. The lowest BCUT2D eigenvalue weighted by atomic mass is 10.0. The first kappa shape index (κ1) is 17.6. The maximum atomic E-state index is 12.5. The van der Waals surface area contributed by atoms with E-state index in [9.17, 15) is 15.2 Å². The van der Waals surface area contributed by atoms with E-state index in [1.807, 2.05) is 6.07 Å². The molecule has 0 atom stereocenters. The Morgan fingerprint density at radius 1 is 1.21 bits per heavy atom. The highest BCUT2D eigenvalue weighted by atomic mass is 79.9. The molecule has 2 aromatic carbocycles. The Kier molecular flexibility index (Phi) is 5.61. The zero-order chi connectivity index (χ0) is 17.7. The summed E-state index contributed by atoms with van der Waals surface area (Å²) in [5.74, 6) is 0.420. The van der Waals surface area contributed by atoms with Crippen molar-refractivity contribution in [3.05, 3.63) is 57.6 Å². The molecule has 0 aliphatic rings. The van der Waals surface area contributed by atoms with Crippen LogP contribution in [0.5, 0.6) is 17.2 Å². The van der Waals surface area contributed by atoms with Gasteiger partial charge in [0.05, 0.1) is 18.7 Å². The molecule has 0 spiro atoms. The fourth-order valence-electron chi connectivity index (χ4n) is 2.05. The second-order valence-corrected chi connectivity index (χ2v) is 5.64. The zero-order valence-corrected chi connectivity index (χ0v) is 14.6. The van der Waals surface area contributed by atoms with E-state index in [0.29, 0.717) is 21.3 Å². The van der Waals surface area contributed by atoms with Crippen LogP contribution in [0.15, 0.2) is 46.4 Å². The van der Waals surface area contributed by atoms with Crippen LogP contribution in [0, 0.1) is 11.3 Å². The van der Waals surface area contributed by atoms with Gasteiger partial charge in [-0.25, -0.2) is 0 Å². The van der Waals surface area contributed by atoms with Crippen LogP contribution in [0.1, 0.15) is 15.9 Å². The lowest BCUT2D eigenvalue weighted by Crippen LogP contribution is -2.02. The Morgan fingerprint density at radius 2 is 1.88 bits per heavy atom. The number of benzene rings is 2. The number of methoxy groups -OCH3 is 2. The summed E-state index contributed by atoms with van der Waals surface area (Å²) in [6.45, 7) is 0. The first-order chi connectivity index (χ1) is 11.5. The summed E-state index contributed by atoms with van der Waals surface area (Å²) in [5.41, 5.74) is 0.906. The summed E-state index contributed by atoms with van der Waals surface area (Å²) in [6, 6.07) is 11.5. The highest BCUT2D eigenvalue weighted by Gasteiger charge is 2.14. The van der Waals surface area contributed by atoms with Gasteiger partial charge in [-0.15, -0.1) is 0 Å². The molecule has 0 heterocycles. The molecule has 0 saturated carbocycles. The van der Waals surface area contributed by atoms with Crippen LogP contribution >= 0.6 is 15.9 Å². The van der Waals surface area contributed by atoms with Gasteiger partial charge in [0.25, 0.3) is 0 Å². The quantitative estimate of drug-likeness (QED) is 0.477. The number of Topliss-reactive ketones (excluding diaryl/α,β-unsaturated/α-hetero) is 1. The lowest BCUT2D eigenvalue weighted by Gasteiger charge is -2.07. The molecule has 24 heavy (non-hydrogen) atoms. The lowest BCUT2D eigenvalue weighted by molar-refractivity contribution is 0.104. The number of phenols is 1. The molecule has 6 heteroatoms. The Morgan fingerprint density at radius 3 is 2.42 bits per heavy atom. The number of halogens is 1. The SMILES string of the molecule is COc1ccc(C(=O)C(C#N)=Cc2cc(Br)c(O)c(OC)c2)cc1. The van der Waals surface area contributed by atoms with E-state index in [0.717, 1.165) is 0 Å². The number of allylic oxidation sites excluding steroid dienone is 1. The smallest absolute Gasteiger partial charge is 0.203 e. The van der Waals surface area contributed by atoms with Crippen molar-refractivity contribution in [2.24, 2.45) is 0 Å². The Bertz CT molecular complexity index is 835. The number of ether oxygens (including phenoxy) is 2. The number of aromatic hydroxyl groups is 1. The third kappa shape index (κ3) is 3.76. The molecular formula is C18H14BrNO4. The third-order valence-corrected chi connectivity index (χ3v) is 3.90. The normalized spacial score (nSPS) is 10.8. The number of nitrogens with zero attached hydrogens (tertiary/aromatic N) is 1. The van der Waals surface area contributed by atoms with Crippen LogP contribution in [0.4, 0.5) is 0 Å². The van der Waals surface area contributed by atoms with E-state index in [-0.39, 0.29) is 17.1 Å². The van der Waals surface area contributed by atoms with Crippen LogP contribution < -0.4 is 9.47 Å². The summed E-state index contributed by atoms with van der Waals surface area (Å²) in [7, 11) is 2.95. The van der Waals surface area contributed by atoms with Crippen molar-refractivity contribution >= 4 is 27.8 Å². The first-order valence-electron chi connectivity index (χ1n) is 6.87. The minimum Gasteiger partial charge on any atom is -0.503 e. The van der Waals surface area contributed by atoms with E-state index in [2.05, 4.69) is 15.9 Å². The van der Waals surface area contributed by atoms with Crippen LogP contribution in [0.25, 0.3) is 6.08 Å². The fourth-order valence-corrected chi connectivity index (χ4v) is 2.51. The largest absolute Gasteiger partial charge is 0.503 e. The summed E-state index contributed by atoms with van der Waals surface area (Å²) in [4.78, 5) is 12.5. The van der Waals surface area contributed by atoms with Crippen molar-refractivity contribution in [1.82, 2.24) is 0 Å². The predicted molar refractivity (Wildman–Crippen MR) is 93.3 cm³/mol. The van der Waals surface area contributed by atoms with Crippen molar-refractivity contribution < 1.29 is 19.4 Å². The molecular weight excluding hydrogens is 374 g/mol. The Balaban J connectivity index is 2.40. The zero-order valence-electron chi connectivity index (χ0n) is 13.0. The van der Waals surface area contributed by atoms with E-state index >= 15 is 0 Å². The maximum Gasteiger partial charge on any atom is 0.203 e. The molecule has 0 radical (unpaired) electrons. The van der Waals surface area contributed by atoms with Gasteiger partial charge in [0.15, 0.2) is 11.5 Å². The predicted octanol–water partition coefficient (Wildman–Crippen LogP) is 3.96. The van der Waals surface area contributed by atoms with Gasteiger partial charge in [-0.1, -0.05) is 0 Å². The van der Waals surface area contributed by atoms with Crippen LogP contribution in [-0.2, 0) is 0 Å². The average Bonchev–Trinajstić information content (AvgIpc) is 2.61. The molecule has 0 amide bonds. The Hall–Kier alpha value is -2.78. The highest BCUT2D eigenvalue weighted by Crippen LogP contribution is 2.35. The van der Waals surface area contributed by atoms with Gasteiger partial charge < -0.3 is 14.6 Å². The number of carbonyl (C=O) groups excluding carboxylic acids is 1. The monoisotopic (exact) mass is 387 g/mol. The van der Waals surface area contributed by atoms with Crippen LogP contribution in [-0.4, -0.2) is 25.1 Å². The van der Waals surface area contributed by atoms with E-state index in [1.54, 1.807) is 36.4 Å². The van der Waals surface area contributed by atoms with Crippen molar-refractivity contribution in [3.63, 3.8) is 0 Å². The molecule has 1 N–H and O–H groups in total. The van der Waals surface area contributed by atoms with Gasteiger partial charge >= 0.3 is 0 Å².